The van der Waals surface area contributed by atoms with Crippen LogP contribution in [0, 0.1) is 5.82 Å². The van der Waals surface area contributed by atoms with Gasteiger partial charge in [0.05, 0.1) is 24.8 Å². The van der Waals surface area contributed by atoms with E-state index in [1.54, 1.807) is 53.2 Å². The van der Waals surface area contributed by atoms with Gasteiger partial charge in [-0.3, -0.25) is 4.90 Å². The quantitative estimate of drug-likeness (QED) is 0.156. The van der Waals surface area contributed by atoms with Gasteiger partial charge in [-0.1, -0.05) is 66.7 Å². The normalized spacial score (nSPS) is 26.6. The molecule has 4 aromatic carbocycles. The molecule has 0 bridgehead atoms. The number of benzene rings is 4. The van der Waals surface area contributed by atoms with E-state index >= 15 is 0 Å². The number of anilines is 1. The summed E-state index contributed by atoms with van der Waals surface area (Å²) in [5.41, 5.74) is 3.72. The van der Waals surface area contributed by atoms with Crippen LogP contribution in [0.2, 0.25) is 0 Å². The number of para-hydroxylation sites is 1. The van der Waals surface area contributed by atoms with Crippen molar-refractivity contribution < 1.29 is 44.6 Å². The van der Waals surface area contributed by atoms with Crippen molar-refractivity contribution in [3.8, 4) is 16.9 Å². The van der Waals surface area contributed by atoms with Crippen molar-refractivity contribution in [2.75, 3.05) is 18.6 Å². The number of halogens is 1. The highest BCUT2D eigenvalue weighted by Crippen LogP contribution is 2.44. The number of hydrogen-bond donors (Lipinski definition) is 6. The maximum absolute atomic E-state index is 13.7. The molecule has 2 aliphatic rings. The average Bonchev–Trinajstić information content (AvgIpc) is 3.35. The molecule has 6 rings (SSSR count). The van der Waals surface area contributed by atoms with Gasteiger partial charge in [-0.05, 0) is 65.4 Å². The standard InChI is InChI=1S/C37H39FN2O8/c1-39-28(17-18-29(42)22-11-14-25(38)15-12-22)32(40(37(39)47)26-5-3-2-4-6-26)27-16-13-24(19-30(27)43)21-7-9-23(10-8-21)36-35(46)34(45)33(44)31(20-41)48-36/h2-16,19,28-29,31-36,41-46H,17-18,20H2,1H3/t28-,29-,31+,32+,33+,34-,35+,36?/m0/s1. The van der Waals surface area contributed by atoms with E-state index in [0.29, 0.717) is 40.8 Å². The molecular weight excluding hydrogens is 619 g/mol. The Morgan fingerprint density at radius 1 is 0.854 bits per heavy atom. The highest BCUT2D eigenvalue weighted by Gasteiger charge is 2.47. The highest BCUT2D eigenvalue weighted by molar-refractivity contribution is 5.96. The first-order valence-electron chi connectivity index (χ1n) is 15.9. The number of aliphatic hydroxyl groups is 5. The van der Waals surface area contributed by atoms with Crippen LogP contribution < -0.4 is 4.90 Å². The lowest BCUT2D eigenvalue weighted by Crippen LogP contribution is -2.55. The Bertz CT molecular complexity index is 1710. The third kappa shape index (κ3) is 6.40. The predicted molar refractivity (Wildman–Crippen MR) is 175 cm³/mol. The Balaban J connectivity index is 1.27. The molecule has 0 aliphatic carbocycles. The number of ether oxygens (including phenoxy) is 1. The van der Waals surface area contributed by atoms with Crippen molar-refractivity contribution in [3.05, 3.63) is 120 Å². The second kappa shape index (κ2) is 14.0. The molecule has 2 saturated heterocycles. The van der Waals surface area contributed by atoms with Crippen LogP contribution in [-0.4, -0.2) is 85.7 Å². The first-order valence-corrected chi connectivity index (χ1v) is 15.9. The summed E-state index contributed by atoms with van der Waals surface area (Å²) in [6.07, 6.45) is -6.51. The van der Waals surface area contributed by atoms with E-state index in [-0.39, 0.29) is 11.8 Å². The van der Waals surface area contributed by atoms with E-state index in [9.17, 15) is 39.8 Å². The molecule has 4 aromatic rings. The third-order valence-electron chi connectivity index (χ3n) is 9.49. The SMILES string of the molecule is CN1C(=O)N(c2ccccc2)[C@H](c2ccc(-c3ccc(C4O[C@H](CO)[C@@H](O)[C@H](O)[C@H]4O)cc3)cc2O)[C@@H]1CC[C@H](O)c1ccc(F)cc1. The zero-order valence-corrected chi connectivity index (χ0v) is 26.2. The number of hydrogen-bond acceptors (Lipinski definition) is 8. The molecule has 2 aliphatic heterocycles. The van der Waals surface area contributed by atoms with Crippen molar-refractivity contribution in [1.82, 2.24) is 4.90 Å². The Hall–Kier alpha value is -4.36. The van der Waals surface area contributed by atoms with Crippen molar-refractivity contribution in [2.24, 2.45) is 0 Å². The third-order valence-corrected chi connectivity index (χ3v) is 9.49. The fraction of sp³-hybridized carbons (Fsp3) is 0.324. The van der Waals surface area contributed by atoms with Gasteiger partial charge in [0.25, 0.3) is 0 Å². The lowest BCUT2D eigenvalue weighted by molar-refractivity contribution is -0.231. The molecule has 2 heterocycles. The molecule has 6 N–H and O–H groups in total. The number of nitrogens with zero attached hydrogens (tertiary/aromatic N) is 2. The molecule has 11 heteroatoms. The molecule has 10 nitrogen and oxygen atoms in total. The number of carbonyl (C=O) groups excluding carboxylic acids is 1. The van der Waals surface area contributed by atoms with Gasteiger partial charge in [0.2, 0.25) is 0 Å². The minimum atomic E-state index is -1.49. The van der Waals surface area contributed by atoms with E-state index in [1.165, 1.54) is 24.3 Å². The van der Waals surface area contributed by atoms with Gasteiger partial charge in [-0.25, -0.2) is 9.18 Å². The van der Waals surface area contributed by atoms with E-state index in [1.807, 2.05) is 36.4 Å². The molecule has 2 fully saturated rings. The maximum atomic E-state index is 13.7. The Morgan fingerprint density at radius 2 is 1.52 bits per heavy atom. The number of rotatable bonds is 9. The Kier molecular flexibility index (Phi) is 9.79. The summed E-state index contributed by atoms with van der Waals surface area (Å²) in [6.45, 7) is -0.523. The topological polar surface area (TPSA) is 154 Å². The molecule has 0 aromatic heterocycles. The van der Waals surface area contributed by atoms with E-state index < -0.39 is 61.1 Å². The lowest BCUT2D eigenvalue weighted by atomic mass is 9.89. The fourth-order valence-corrected chi connectivity index (χ4v) is 6.77. The van der Waals surface area contributed by atoms with Gasteiger partial charge < -0.3 is 40.3 Å². The van der Waals surface area contributed by atoms with E-state index in [0.717, 1.165) is 5.56 Å². The van der Waals surface area contributed by atoms with Crippen LogP contribution >= 0.6 is 0 Å². The van der Waals surface area contributed by atoms with E-state index in [2.05, 4.69) is 0 Å². The van der Waals surface area contributed by atoms with Gasteiger partial charge in [0.15, 0.2) is 0 Å². The van der Waals surface area contributed by atoms with Crippen molar-refractivity contribution in [2.45, 2.75) is 61.5 Å². The number of amides is 2. The van der Waals surface area contributed by atoms with Crippen molar-refractivity contribution >= 4 is 11.7 Å². The lowest BCUT2D eigenvalue weighted by Gasteiger charge is -2.40. The van der Waals surface area contributed by atoms with Gasteiger partial charge >= 0.3 is 6.03 Å². The van der Waals surface area contributed by atoms with Gasteiger partial charge in [0.1, 0.15) is 42.1 Å². The first-order chi connectivity index (χ1) is 23.1. The van der Waals surface area contributed by atoms with Crippen LogP contribution in [0.1, 0.15) is 47.8 Å². The number of phenols is 1. The maximum Gasteiger partial charge on any atom is 0.325 e. The molecule has 0 radical (unpaired) electrons. The summed E-state index contributed by atoms with van der Waals surface area (Å²) in [6, 6.07) is 25.8. The highest BCUT2D eigenvalue weighted by atomic mass is 19.1. The van der Waals surface area contributed by atoms with Crippen LogP contribution in [0.25, 0.3) is 11.1 Å². The zero-order valence-electron chi connectivity index (χ0n) is 26.2. The van der Waals surface area contributed by atoms with Crippen LogP contribution in [0.3, 0.4) is 0 Å². The Labute approximate surface area is 277 Å². The van der Waals surface area contributed by atoms with Crippen LogP contribution in [0.4, 0.5) is 14.9 Å². The smallest absolute Gasteiger partial charge is 0.325 e. The summed E-state index contributed by atoms with van der Waals surface area (Å²) in [4.78, 5) is 17.0. The van der Waals surface area contributed by atoms with Crippen LogP contribution in [0.15, 0.2) is 97.1 Å². The molecule has 2 amide bonds. The number of aliphatic hydroxyl groups excluding tert-OH is 5. The van der Waals surface area contributed by atoms with Gasteiger partial charge in [-0.2, -0.15) is 0 Å². The fourth-order valence-electron chi connectivity index (χ4n) is 6.77. The number of carbonyl (C=O) groups is 1. The number of aromatic hydroxyl groups is 1. The van der Waals surface area contributed by atoms with Gasteiger partial charge in [-0.15, -0.1) is 0 Å². The molecule has 48 heavy (non-hydrogen) atoms. The van der Waals surface area contributed by atoms with Crippen LogP contribution in [-0.2, 0) is 4.74 Å². The minimum absolute atomic E-state index is 0.0244. The molecule has 252 valence electrons. The van der Waals surface area contributed by atoms with Gasteiger partial charge in [0, 0.05) is 18.3 Å². The zero-order chi connectivity index (χ0) is 34.1. The van der Waals surface area contributed by atoms with Crippen LogP contribution in [0.5, 0.6) is 5.75 Å². The number of urea groups is 1. The average molecular weight is 659 g/mol. The summed E-state index contributed by atoms with van der Waals surface area (Å²) in [7, 11) is 1.70. The monoisotopic (exact) mass is 658 g/mol. The molecule has 0 spiro atoms. The van der Waals surface area contributed by atoms with Crippen molar-refractivity contribution in [3.63, 3.8) is 0 Å². The number of likely N-dealkylation sites (N-methyl/N-ethyl adjacent to an activating group) is 1. The molecule has 1 unspecified atom stereocenters. The summed E-state index contributed by atoms with van der Waals surface area (Å²) in [5.74, 6) is -0.419. The minimum Gasteiger partial charge on any atom is -0.508 e. The second-order valence-electron chi connectivity index (χ2n) is 12.4. The van der Waals surface area contributed by atoms with E-state index in [4.69, 9.17) is 4.74 Å². The predicted octanol–water partition coefficient (Wildman–Crippen LogP) is 4.21. The largest absolute Gasteiger partial charge is 0.508 e. The summed E-state index contributed by atoms with van der Waals surface area (Å²) < 4.78 is 19.1. The first kappa shape index (κ1) is 33.5. The summed E-state index contributed by atoms with van der Waals surface area (Å²) in [5, 5.41) is 62.8. The Morgan fingerprint density at radius 3 is 2.17 bits per heavy atom. The summed E-state index contributed by atoms with van der Waals surface area (Å²) >= 11 is 0. The van der Waals surface area contributed by atoms with Crippen molar-refractivity contribution in [1.29, 1.82) is 0 Å². The molecular formula is C37H39FN2O8. The number of phenolic OH excluding ortho intramolecular Hbond substituents is 1. The second-order valence-corrected chi connectivity index (χ2v) is 12.4. The molecule has 8 atom stereocenters. The molecule has 0 saturated carbocycles.